The lowest BCUT2D eigenvalue weighted by atomic mass is 10.2. The number of hydrogen-bond donors (Lipinski definition) is 2. The third kappa shape index (κ3) is 9.69. The summed E-state index contributed by atoms with van der Waals surface area (Å²) in [6.45, 7) is 5.06. The second-order valence-electron chi connectivity index (χ2n) is 4.09. The predicted octanol–water partition coefficient (Wildman–Crippen LogP) is 0.396. The molecule has 3 N–H and O–H groups in total. The molecule has 0 aromatic carbocycles. The van der Waals surface area contributed by atoms with E-state index in [9.17, 15) is 14.4 Å². The fraction of sp³-hybridized carbons (Fsp3) is 0.727. The summed E-state index contributed by atoms with van der Waals surface area (Å²) in [5.41, 5.74) is 4.76. The van der Waals surface area contributed by atoms with Gasteiger partial charge < -0.3 is 25.3 Å². The molecule has 1 atom stereocenters. The van der Waals surface area contributed by atoms with Gasteiger partial charge in [-0.2, -0.15) is 0 Å². The summed E-state index contributed by atoms with van der Waals surface area (Å²) < 4.78 is 14.1. The van der Waals surface area contributed by atoms with E-state index in [4.69, 9.17) is 15.2 Å². The summed E-state index contributed by atoms with van der Waals surface area (Å²) in [5.74, 6) is -0.545. The SMILES string of the molecule is CC(COC(N)=O)OC(=O)NCCOC(=O)C(C)C. The molecule has 0 aliphatic carbocycles. The number of nitrogens with one attached hydrogen (secondary N) is 1. The van der Waals surface area contributed by atoms with Crippen LogP contribution in [0.5, 0.6) is 0 Å². The number of rotatable bonds is 7. The zero-order valence-electron chi connectivity index (χ0n) is 11.3. The molecule has 110 valence electrons. The Balaban J connectivity index is 3.64. The van der Waals surface area contributed by atoms with Crippen molar-refractivity contribution in [3.63, 3.8) is 0 Å². The van der Waals surface area contributed by atoms with Crippen LogP contribution in [0.15, 0.2) is 0 Å². The van der Waals surface area contributed by atoms with E-state index in [2.05, 4.69) is 10.1 Å². The van der Waals surface area contributed by atoms with Crippen LogP contribution in [0.3, 0.4) is 0 Å². The zero-order chi connectivity index (χ0) is 14.8. The molecule has 0 aliphatic heterocycles. The first-order chi connectivity index (χ1) is 8.82. The molecule has 1 unspecified atom stereocenters. The van der Waals surface area contributed by atoms with Crippen molar-refractivity contribution >= 4 is 18.2 Å². The smallest absolute Gasteiger partial charge is 0.407 e. The van der Waals surface area contributed by atoms with Crippen LogP contribution in [0, 0.1) is 5.92 Å². The monoisotopic (exact) mass is 276 g/mol. The molecule has 0 radical (unpaired) electrons. The van der Waals surface area contributed by atoms with Gasteiger partial charge in [0.2, 0.25) is 0 Å². The van der Waals surface area contributed by atoms with Gasteiger partial charge >= 0.3 is 18.2 Å². The van der Waals surface area contributed by atoms with Crippen LogP contribution in [0.2, 0.25) is 0 Å². The number of primary amides is 1. The minimum absolute atomic E-state index is 0.0677. The number of carbonyl (C=O) groups excluding carboxylic acids is 3. The van der Waals surface area contributed by atoms with Crippen LogP contribution in [-0.2, 0) is 19.0 Å². The lowest BCUT2D eigenvalue weighted by Crippen LogP contribution is -2.33. The number of carbonyl (C=O) groups is 3. The minimum atomic E-state index is -0.934. The van der Waals surface area contributed by atoms with Crippen molar-refractivity contribution in [2.75, 3.05) is 19.8 Å². The molecule has 0 aliphatic rings. The Hall–Kier alpha value is -1.99. The first-order valence-electron chi connectivity index (χ1n) is 5.86. The summed E-state index contributed by atoms with van der Waals surface area (Å²) in [4.78, 5) is 32.6. The molecular weight excluding hydrogens is 256 g/mol. The van der Waals surface area contributed by atoms with Gasteiger partial charge in [-0.05, 0) is 6.92 Å². The minimum Gasteiger partial charge on any atom is -0.464 e. The van der Waals surface area contributed by atoms with Gasteiger partial charge in [0.15, 0.2) is 0 Å². The highest BCUT2D eigenvalue weighted by molar-refractivity contribution is 5.71. The predicted molar refractivity (Wildman–Crippen MR) is 65.3 cm³/mol. The number of esters is 1. The van der Waals surface area contributed by atoms with Gasteiger partial charge in [-0.25, -0.2) is 9.59 Å². The number of alkyl carbamates (subject to hydrolysis) is 1. The van der Waals surface area contributed by atoms with E-state index in [1.807, 2.05) is 0 Å². The maximum absolute atomic E-state index is 11.2. The normalized spacial score (nSPS) is 11.6. The lowest BCUT2D eigenvalue weighted by molar-refractivity contribution is -0.147. The van der Waals surface area contributed by atoms with E-state index >= 15 is 0 Å². The van der Waals surface area contributed by atoms with Gasteiger partial charge in [-0.15, -0.1) is 0 Å². The van der Waals surface area contributed by atoms with Crippen molar-refractivity contribution in [1.29, 1.82) is 0 Å². The lowest BCUT2D eigenvalue weighted by Gasteiger charge is -2.13. The summed E-state index contributed by atoms with van der Waals surface area (Å²) in [6, 6.07) is 0. The molecule has 0 aromatic heterocycles. The van der Waals surface area contributed by atoms with E-state index < -0.39 is 18.3 Å². The first-order valence-corrected chi connectivity index (χ1v) is 5.86. The van der Waals surface area contributed by atoms with Crippen molar-refractivity contribution in [2.24, 2.45) is 11.7 Å². The Morgan fingerprint density at radius 2 is 1.79 bits per heavy atom. The van der Waals surface area contributed by atoms with Crippen molar-refractivity contribution in [3.8, 4) is 0 Å². The average Bonchev–Trinajstić information content (AvgIpc) is 2.31. The van der Waals surface area contributed by atoms with Gasteiger partial charge in [-0.3, -0.25) is 4.79 Å². The average molecular weight is 276 g/mol. The van der Waals surface area contributed by atoms with Crippen LogP contribution >= 0.6 is 0 Å². The van der Waals surface area contributed by atoms with Gasteiger partial charge in [-0.1, -0.05) is 13.8 Å². The molecule has 0 saturated heterocycles. The molecule has 0 aromatic rings. The maximum Gasteiger partial charge on any atom is 0.407 e. The summed E-state index contributed by atoms with van der Waals surface area (Å²) in [6.07, 6.45) is -2.25. The Morgan fingerprint density at radius 1 is 1.16 bits per heavy atom. The number of amides is 2. The third-order valence-electron chi connectivity index (χ3n) is 1.86. The molecule has 0 spiro atoms. The van der Waals surface area contributed by atoms with Crippen molar-refractivity contribution in [2.45, 2.75) is 26.9 Å². The third-order valence-corrected chi connectivity index (χ3v) is 1.86. The van der Waals surface area contributed by atoms with Crippen LogP contribution in [0.4, 0.5) is 9.59 Å². The highest BCUT2D eigenvalue weighted by Crippen LogP contribution is 1.95. The Labute approximate surface area is 111 Å². The quantitative estimate of drug-likeness (QED) is 0.395. The first kappa shape index (κ1) is 17.0. The van der Waals surface area contributed by atoms with E-state index in [1.54, 1.807) is 20.8 Å². The molecule has 0 heterocycles. The van der Waals surface area contributed by atoms with Gasteiger partial charge in [0.25, 0.3) is 0 Å². The molecule has 0 fully saturated rings. The topological polar surface area (TPSA) is 117 Å². The van der Waals surface area contributed by atoms with Crippen LogP contribution in [0.25, 0.3) is 0 Å². The second kappa shape index (κ2) is 9.01. The fourth-order valence-corrected chi connectivity index (χ4v) is 0.929. The summed E-state index contributed by atoms with van der Waals surface area (Å²) in [5, 5.41) is 2.39. The van der Waals surface area contributed by atoms with Gasteiger partial charge in [0, 0.05) is 0 Å². The molecule has 8 heteroatoms. The van der Waals surface area contributed by atoms with E-state index in [0.717, 1.165) is 0 Å². The Kier molecular flexibility index (Phi) is 8.07. The van der Waals surface area contributed by atoms with Gasteiger partial charge in [0.1, 0.15) is 19.3 Å². The van der Waals surface area contributed by atoms with Crippen LogP contribution < -0.4 is 11.1 Å². The summed E-state index contributed by atoms with van der Waals surface area (Å²) >= 11 is 0. The number of ether oxygens (including phenoxy) is 3. The number of nitrogens with two attached hydrogens (primary N) is 1. The second-order valence-corrected chi connectivity index (χ2v) is 4.09. The molecule has 0 rings (SSSR count). The molecule has 0 bridgehead atoms. The van der Waals surface area contributed by atoms with E-state index in [0.29, 0.717) is 0 Å². The standard InChI is InChI=1S/C11H20N2O6/c1-7(2)9(14)17-5-4-13-11(16)19-8(3)6-18-10(12)15/h7-8H,4-6H2,1-3H3,(H2,12,15)(H,13,16). The largest absolute Gasteiger partial charge is 0.464 e. The number of hydrogen-bond acceptors (Lipinski definition) is 6. The van der Waals surface area contributed by atoms with Crippen LogP contribution in [0.1, 0.15) is 20.8 Å². The molecule has 0 saturated carbocycles. The van der Waals surface area contributed by atoms with Crippen molar-refractivity contribution < 1.29 is 28.6 Å². The highest BCUT2D eigenvalue weighted by Gasteiger charge is 2.11. The highest BCUT2D eigenvalue weighted by atomic mass is 16.6. The molecule has 8 nitrogen and oxygen atoms in total. The van der Waals surface area contributed by atoms with Crippen molar-refractivity contribution in [1.82, 2.24) is 5.32 Å². The van der Waals surface area contributed by atoms with Crippen LogP contribution in [-0.4, -0.2) is 44.0 Å². The Bertz CT molecular complexity index is 318. The molecular formula is C11H20N2O6. The zero-order valence-corrected chi connectivity index (χ0v) is 11.3. The summed E-state index contributed by atoms with van der Waals surface area (Å²) in [7, 11) is 0. The molecule has 2 amide bonds. The van der Waals surface area contributed by atoms with E-state index in [1.165, 1.54) is 0 Å². The van der Waals surface area contributed by atoms with Crippen molar-refractivity contribution in [3.05, 3.63) is 0 Å². The fourth-order valence-electron chi connectivity index (χ4n) is 0.929. The van der Waals surface area contributed by atoms with Gasteiger partial charge in [0.05, 0.1) is 12.5 Å². The van der Waals surface area contributed by atoms with E-state index in [-0.39, 0.29) is 31.6 Å². The maximum atomic E-state index is 11.2. The molecule has 19 heavy (non-hydrogen) atoms. The Morgan fingerprint density at radius 3 is 2.32 bits per heavy atom.